The molecule has 0 unspecified atom stereocenters. The third-order valence-corrected chi connectivity index (χ3v) is 3.31. The van der Waals surface area contributed by atoms with E-state index in [-0.39, 0.29) is 11.2 Å². The number of fused-ring (bicyclic) bond motifs is 1. The molecule has 100 valence electrons. The average molecular weight is 308 g/mol. The first kappa shape index (κ1) is 12.9. The number of aromatic nitrogens is 3. The van der Waals surface area contributed by atoms with Gasteiger partial charge in [0.1, 0.15) is 5.56 Å². The van der Waals surface area contributed by atoms with Gasteiger partial charge in [-0.05, 0) is 30.3 Å². The van der Waals surface area contributed by atoms with Crippen molar-refractivity contribution in [1.29, 1.82) is 0 Å². The van der Waals surface area contributed by atoms with Crippen LogP contribution in [0.1, 0.15) is 10.4 Å². The van der Waals surface area contributed by atoms with Crippen LogP contribution in [0.15, 0.2) is 36.5 Å². The molecule has 3 aromatic rings. The largest absolute Gasteiger partial charge is 0.478 e. The summed E-state index contributed by atoms with van der Waals surface area (Å²) in [6.07, 6.45) is 1.63. The summed E-state index contributed by atoms with van der Waals surface area (Å²) in [5.41, 5.74) is 0.938. The van der Waals surface area contributed by atoms with Gasteiger partial charge >= 0.3 is 5.97 Å². The van der Waals surface area contributed by atoms with Gasteiger partial charge in [0, 0.05) is 16.8 Å². The van der Waals surface area contributed by atoms with Crippen LogP contribution in [0, 0.1) is 0 Å². The Hall–Kier alpha value is -2.11. The molecule has 2 aromatic heterocycles. The van der Waals surface area contributed by atoms with Crippen LogP contribution < -0.4 is 0 Å². The molecule has 0 spiro atoms. The zero-order valence-electron chi connectivity index (χ0n) is 9.92. The van der Waals surface area contributed by atoms with E-state index >= 15 is 0 Å². The third-order valence-electron chi connectivity index (χ3n) is 2.76. The molecule has 0 atom stereocenters. The van der Waals surface area contributed by atoms with Gasteiger partial charge in [-0.2, -0.15) is 0 Å². The first-order valence-electron chi connectivity index (χ1n) is 5.60. The molecule has 0 aliphatic carbocycles. The lowest BCUT2D eigenvalue weighted by molar-refractivity contribution is 0.0698. The average Bonchev–Trinajstić information content (AvgIpc) is 2.81. The second-order valence-electron chi connectivity index (χ2n) is 4.05. The normalized spacial score (nSPS) is 10.9. The van der Waals surface area contributed by atoms with E-state index in [0.717, 1.165) is 0 Å². The number of carboxylic acid groups (broad SMARTS) is 1. The number of halogens is 2. The van der Waals surface area contributed by atoms with E-state index in [9.17, 15) is 4.79 Å². The van der Waals surface area contributed by atoms with Crippen molar-refractivity contribution in [1.82, 2.24) is 14.6 Å². The van der Waals surface area contributed by atoms with Crippen molar-refractivity contribution in [2.45, 2.75) is 0 Å². The first-order valence-corrected chi connectivity index (χ1v) is 6.36. The monoisotopic (exact) mass is 307 g/mol. The van der Waals surface area contributed by atoms with Gasteiger partial charge in [-0.25, -0.2) is 14.3 Å². The standard InChI is InChI=1S/C13H7Cl2N3O2/c14-7-3-4-8(10(15)6-7)11-16-12-9(13(19)20)2-1-5-18(12)17-11/h1-6H,(H,19,20). The van der Waals surface area contributed by atoms with Crippen molar-refractivity contribution in [3.05, 3.63) is 52.1 Å². The van der Waals surface area contributed by atoms with Crippen LogP contribution in [-0.4, -0.2) is 25.7 Å². The Balaban J connectivity index is 2.23. The summed E-state index contributed by atoms with van der Waals surface area (Å²) in [7, 11) is 0. The molecule has 5 nitrogen and oxygen atoms in total. The molecule has 2 heterocycles. The van der Waals surface area contributed by atoms with E-state index in [0.29, 0.717) is 21.4 Å². The number of pyridine rings is 1. The van der Waals surface area contributed by atoms with Crippen molar-refractivity contribution in [3.63, 3.8) is 0 Å². The van der Waals surface area contributed by atoms with E-state index in [4.69, 9.17) is 28.3 Å². The highest BCUT2D eigenvalue weighted by Gasteiger charge is 2.15. The summed E-state index contributed by atoms with van der Waals surface area (Å²) in [6.45, 7) is 0. The molecular weight excluding hydrogens is 301 g/mol. The van der Waals surface area contributed by atoms with Gasteiger partial charge in [0.25, 0.3) is 0 Å². The lowest BCUT2D eigenvalue weighted by Crippen LogP contribution is -2.00. The summed E-state index contributed by atoms with van der Waals surface area (Å²) in [5, 5.41) is 14.3. The fourth-order valence-corrected chi connectivity index (χ4v) is 2.35. The predicted molar refractivity (Wildman–Crippen MR) is 75.4 cm³/mol. The van der Waals surface area contributed by atoms with Crippen molar-refractivity contribution < 1.29 is 9.90 Å². The minimum Gasteiger partial charge on any atom is -0.478 e. The lowest BCUT2D eigenvalue weighted by atomic mass is 10.2. The van der Waals surface area contributed by atoms with Crippen molar-refractivity contribution in [3.8, 4) is 11.4 Å². The molecule has 0 amide bonds. The van der Waals surface area contributed by atoms with Crippen LogP contribution in [0.3, 0.4) is 0 Å². The summed E-state index contributed by atoms with van der Waals surface area (Å²) in [5.74, 6) is -0.711. The minimum atomic E-state index is -1.06. The molecule has 0 aliphatic rings. The van der Waals surface area contributed by atoms with Crippen LogP contribution >= 0.6 is 23.2 Å². The van der Waals surface area contributed by atoms with Gasteiger partial charge < -0.3 is 5.11 Å². The summed E-state index contributed by atoms with van der Waals surface area (Å²) in [6, 6.07) is 8.02. The molecule has 0 bridgehead atoms. The van der Waals surface area contributed by atoms with Crippen LogP contribution in [-0.2, 0) is 0 Å². The van der Waals surface area contributed by atoms with Gasteiger partial charge in [-0.1, -0.05) is 23.2 Å². The number of nitrogens with zero attached hydrogens (tertiary/aromatic N) is 3. The van der Waals surface area contributed by atoms with Crippen LogP contribution in [0.4, 0.5) is 0 Å². The minimum absolute atomic E-state index is 0.0799. The number of aromatic carboxylic acids is 1. The molecule has 0 saturated carbocycles. The SMILES string of the molecule is O=C(O)c1cccn2nc(-c3ccc(Cl)cc3Cl)nc12. The van der Waals surface area contributed by atoms with E-state index in [2.05, 4.69) is 10.1 Å². The Morgan fingerprint density at radius 1 is 1.25 bits per heavy atom. The Morgan fingerprint density at radius 3 is 2.75 bits per heavy atom. The van der Waals surface area contributed by atoms with Gasteiger partial charge in [0.2, 0.25) is 0 Å². The number of hydrogen-bond donors (Lipinski definition) is 1. The van der Waals surface area contributed by atoms with Crippen LogP contribution in [0.25, 0.3) is 17.0 Å². The van der Waals surface area contributed by atoms with Gasteiger partial charge in [-0.15, -0.1) is 5.10 Å². The molecule has 0 radical (unpaired) electrons. The molecule has 0 aliphatic heterocycles. The smallest absolute Gasteiger partial charge is 0.339 e. The highest BCUT2D eigenvalue weighted by molar-refractivity contribution is 6.36. The number of hydrogen-bond acceptors (Lipinski definition) is 3. The van der Waals surface area contributed by atoms with Crippen molar-refractivity contribution in [2.75, 3.05) is 0 Å². The zero-order valence-corrected chi connectivity index (χ0v) is 11.4. The van der Waals surface area contributed by atoms with Gasteiger partial charge in [-0.3, -0.25) is 0 Å². The quantitative estimate of drug-likeness (QED) is 0.788. The number of carboxylic acids is 1. The van der Waals surface area contributed by atoms with Crippen molar-refractivity contribution in [2.24, 2.45) is 0 Å². The van der Waals surface area contributed by atoms with E-state index in [1.807, 2.05) is 0 Å². The number of benzene rings is 1. The first-order chi connectivity index (χ1) is 9.56. The van der Waals surface area contributed by atoms with Gasteiger partial charge in [0.05, 0.1) is 5.02 Å². The second-order valence-corrected chi connectivity index (χ2v) is 4.90. The Kier molecular flexibility index (Phi) is 3.08. The lowest BCUT2D eigenvalue weighted by Gasteiger charge is -1.98. The maximum absolute atomic E-state index is 11.1. The second kappa shape index (κ2) is 4.77. The highest BCUT2D eigenvalue weighted by Crippen LogP contribution is 2.28. The summed E-state index contributed by atoms with van der Waals surface area (Å²) < 4.78 is 1.41. The Morgan fingerprint density at radius 2 is 2.05 bits per heavy atom. The van der Waals surface area contributed by atoms with Gasteiger partial charge in [0.15, 0.2) is 11.5 Å². The molecule has 1 aromatic carbocycles. The number of carbonyl (C=O) groups is 1. The summed E-state index contributed by atoms with van der Waals surface area (Å²) in [4.78, 5) is 15.4. The van der Waals surface area contributed by atoms with Crippen LogP contribution in [0.5, 0.6) is 0 Å². The number of rotatable bonds is 2. The molecule has 0 saturated heterocycles. The molecular formula is C13H7Cl2N3O2. The molecule has 20 heavy (non-hydrogen) atoms. The molecule has 1 N–H and O–H groups in total. The fraction of sp³-hybridized carbons (Fsp3) is 0. The Bertz CT molecular complexity index is 830. The summed E-state index contributed by atoms with van der Waals surface area (Å²) >= 11 is 11.9. The van der Waals surface area contributed by atoms with E-state index < -0.39 is 5.97 Å². The topological polar surface area (TPSA) is 67.5 Å². The van der Waals surface area contributed by atoms with E-state index in [1.54, 1.807) is 30.5 Å². The molecule has 3 rings (SSSR count). The Labute approximate surface area is 123 Å². The van der Waals surface area contributed by atoms with E-state index in [1.165, 1.54) is 10.6 Å². The maximum Gasteiger partial charge on any atom is 0.339 e. The molecule has 0 fully saturated rings. The third kappa shape index (κ3) is 2.11. The van der Waals surface area contributed by atoms with Crippen molar-refractivity contribution >= 4 is 34.8 Å². The maximum atomic E-state index is 11.1. The molecule has 7 heteroatoms. The fourth-order valence-electron chi connectivity index (χ4n) is 1.86. The predicted octanol–water partition coefficient (Wildman–Crippen LogP) is 3.40. The van der Waals surface area contributed by atoms with Crippen LogP contribution in [0.2, 0.25) is 10.0 Å². The zero-order chi connectivity index (χ0) is 14.3. The highest BCUT2D eigenvalue weighted by atomic mass is 35.5.